The summed E-state index contributed by atoms with van der Waals surface area (Å²) in [4.78, 5) is 11.1. The van der Waals surface area contributed by atoms with Gasteiger partial charge in [-0.25, -0.2) is 4.79 Å². The highest BCUT2D eigenvalue weighted by molar-refractivity contribution is 5.89. The lowest BCUT2D eigenvalue weighted by atomic mass is 9.99. The molecule has 0 aliphatic rings. The number of ether oxygens (including phenoxy) is 1. The highest BCUT2D eigenvalue weighted by atomic mass is 16.5. The van der Waals surface area contributed by atoms with Crippen LogP contribution >= 0.6 is 0 Å². The summed E-state index contributed by atoms with van der Waals surface area (Å²) in [6.07, 6.45) is 1.10. The molecule has 0 amide bonds. The third-order valence-electron chi connectivity index (χ3n) is 3.70. The molecule has 0 bridgehead atoms. The summed E-state index contributed by atoms with van der Waals surface area (Å²) in [6.45, 7) is 4.61. The normalized spacial score (nSPS) is 11.9. The van der Waals surface area contributed by atoms with Crippen molar-refractivity contribution < 1.29 is 14.6 Å². The zero-order valence-corrected chi connectivity index (χ0v) is 12.4. The molecular formula is C18H20O3. The molecular weight excluding hydrogens is 264 g/mol. The van der Waals surface area contributed by atoms with Crippen molar-refractivity contribution in [3.05, 3.63) is 65.2 Å². The molecule has 2 rings (SSSR count). The van der Waals surface area contributed by atoms with Crippen LogP contribution in [0.3, 0.4) is 0 Å². The van der Waals surface area contributed by atoms with Crippen molar-refractivity contribution in [1.82, 2.24) is 0 Å². The van der Waals surface area contributed by atoms with E-state index in [1.807, 2.05) is 18.2 Å². The first-order valence-electron chi connectivity index (χ1n) is 7.15. The number of hydrogen-bond acceptors (Lipinski definition) is 2. The second-order valence-corrected chi connectivity index (χ2v) is 5.13. The lowest BCUT2D eigenvalue weighted by Crippen LogP contribution is -2.05. The van der Waals surface area contributed by atoms with E-state index in [0.29, 0.717) is 11.5 Å². The van der Waals surface area contributed by atoms with Crippen molar-refractivity contribution in [2.75, 3.05) is 0 Å². The molecule has 0 saturated carbocycles. The van der Waals surface area contributed by atoms with Gasteiger partial charge in [-0.05, 0) is 36.1 Å². The topological polar surface area (TPSA) is 46.5 Å². The molecule has 0 aliphatic carbocycles. The summed E-state index contributed by atoms with van der Waals surface area (Å²) in [5, 5.41) is 9.13. The number of rotatable bonds is 6. The van der Waals surface area contributed by atoms with Gasteiger partial charge in [0, 0.05) is 5.56 Å². The second kappa shape index (κ2) is 6.93. The van der Waals surface area contributed by atoms with Gasteiger partial charge in [0.25, 0.3) is 0 Å². The van der Waals surface area contributed by atoms with E-state index in [0.717, 1.165) is 12.2 Å². The van der Waals surface area contributed by atoms with Crippen LogP contribution in [0.5, 0.6) is 5.75 Å². The summed E-state index contributed by atoms with van der Waals surface area (Å²) in [5.74, 6) is 0.357. The Morgan fingerprint density at radius 3 is 2.43 bits per heavy atom. The summed E-state index contributed by atoms with van der Waals surface area (Å²) in [6, 6.07) is 14.9. The molecule has 0 spiro atoms. The maximum atomic E-state index is 11.1. The summed E-state index contributed by atoms with van der Waals surface area (Å²) < 4.78 is 5.69. The van der Waals surface area contributed by atoms with E-state index >= 15 is 0 Å². The molecule has 0 radical (unpaired) electrons. The largest absolute Gasteiger partial charge is 0.489 e. The number of carboxylic acids is 1. The van der Waals surface area contributed by atoms with Gasteiger partial charge in [-0.1, -0.05) is 44.2 Å². The number of carbonyl (C=O) groups is 1. The number of aromatic carboxylic acids is 1. The molecule has 0 fully saturated rings. The Morgan fingerprint density at radius 1 is 1.14 bits per heavy atom. The Kier molecular flexibility index (Phi) is 4.99. The molecule has 2 aromatic carbocycles. The van der Waals surface area contributed by atoms with Crippen molar-refractivity contribution >= 4 is 5.97 Å². The van der Waals surface area contributed by atoms with Crippen LogP contribution in [0.15, 0.2) is 48.5 Å². The maximum Gasteiger partial charge on any atom is 0.336 e. The van der Waals surface area contributed by atoms with Crippen molar-refractivity contribution in [1.29, 1.82) is 0 Å². The minimum atomic E-state index is -0.929. The van der Waals surface area contributed by atoms with E-state index in [1.165, 1.54) is 5.56 Å². The first kappa shape index (κ1) is 15.1. The van der Waals surface area contributed by atoms with Crippen LogP contribution in [-0.4, -0.2) is 11.1 Å². The Labute approximate surface area is 125 Å². The molecule has 0 heterocycles. The van der Waals surface area contributed by atoms with E-state index < -0.39 is 5.97 Å². The van der Waals surface area contributed by atoms with Gasteiger partial charge in [-0.15, -0.1) is 0 Å². The molecule has 0 aromatic heterocycles. The summed E-state index contributed by atoms with van der Waals surface area (Å²) in [5.41, 5.74) is 2.25. The lowest BCUT2D eigenvalue weighted by molar-refractivity contribution is 0.0694. The van der Waals surface area contributed by atoms with Gasteiger partial charge in [0.15, 0.2) is 0 Å². The monoisotopic (exact) mass is 284 g/mol. The van der Waals surface area contributed by atoms with E-state index in [4.69, 9.17) is 9.84 Å². The van der Waals surface area contributed by atoms with Crippen LogP contribution in [-0.2, 0) is 6.61 Å². The molecule has 110 valence electrons. The fourth-order valence-electron chi connectivity index (χ4n) is 2.14. The quantitative estimate of drug-likeness (QED) is 0.850. The average Bonchev–Trinajstić information content (AvgIpc) is 2.52. The molecule has 3 heteroatoms. The molecule has 21 heavy (non-hydrogen) atoms. The van der Waals surface area contributed by atoms with Gasteiger partial charge < -0.3 is 9.84 Å². The SMILES string of the molecule is CCC(C)c1ccc(OCc2ccccc2C(=O)O)cc1. The first-order chi connectivity index (χ1) is 10.1. The van der Waals surface area contributed by atoms with Gasteiger partial charge in [-0.3, -0.25) is 0 Å². The standard InChI is InChI=1S/C18H20O3/c1-3-13(2)14-8-10-16(11-9-14)21-12-15-6-4-5-7-17(15)18(19)20/h4-11,13H,3,12H2,1-2H3,(H,19,20). The van der Waals surface area contributed by atoms with Crippen molar-refractivity contribution in [3.63, 3.8) is 0 Å². The zero-order chi connectivity index (χ0) is 15.2. The third kappa shape index (κ3) is 3.85. The fraction of sp³-hybridized carbons (Fsp3) is 0.278. The van der Waals surface area contributed by atoms with Gasteiger partial charge in [0.05, 0.1) is 5.56 Å². The fourth-order valence-corrected chi connectivity index (χ4v) is 2.14. The summed E-state index contributed by atoms with van der Waals surface area (Å²) in [7, 11) is 0. The molecule has 2 aromatic rings. The van der Waals surface area contributed by atoms with Crippen LogP contribution in [0.25, 0.3) is 0 Å². The van der Waals surface area contributed by atoms with Gasteiger partial charge >= 0.3 is 5.97 Å². The molecule has 0 saturated heterocycles. The zero-order valence-electron chi connectivity index (χ0n) is 12.4. The minimum Gasteiger partial charge on any atom is -0.489 e. The van der Waals surface area contributed by atoms with Crippen molar-refractivity contribution in [3.8, 4) is 5.75 Å². The van der Waals surface area contributed by atoms with Crippen LogP contribution in [0.1, 0.15) is 47.7 Å². The van der Waals surface area contributed by atoms with Crippen LogP contribution < -0.4 is 4.74 Å². The van der Waals surface area contributed by atoms with Crippen LogP contribution in [0.4, 0.5) is 0 Å². The van der Waals surface area contributed by atoms with E-state index in [1.54, 1.807) is 18.2 Å². The lowest BCUT2D eigenvalue weighted by Gasteiger charge is -2.11. The highest BCUT2D eigenvalue weighted by Crippen LogP contribution is 2.22. The van der Waals surface area contributed by atoms with E-state index in [-0.39, 0.29) is 12.2 Å². The molecule has 3 nitrogen and oxygen atoms in total. The smallest absolute Gasteiger partial charge is 0.336 e. The number of benzene rings is 2. The van der Waals surface area contributed by atoms with E-state index in [2.05, 4.69) is 26.0 Å². The Morgan fingerprint density at radius 2 is 1.81 bits per heavy atom. The maximum absolute atomic E-state index is 11.1. The predicted octanol–water partition coefficient (Wildman–Crippen LogP) is 4.48. The molecule has 0 aliphatic heterocycles. The number of carboxylic acid groups (broad SMARTS) is 1. The van der Waals surface area contributed by atoms with Gasteiger partial charge in [0.1, 0.15) is 12.4 Å². The average molecular weight is 284 g/mol. The Hall–Kier alpha value is -2.29. The highest BCUT2D eigenvalue weighted by Gasteiger charge is 2.09. The van der Waals surface area contributed by atoms with Gasteiger partial charge in [-0.2, -0.15) is 0 Å². The third-order valence-corrected chi connectivity index (χ3v) is 3.70. The second-order valence-electron chi connectivity index (χ2n) is 5.13. The van der Waals surface area contributed by atoms with Crippen molar-refractivity contribution in [2.45, 2.75) is 32.8 Å². The Bertz CT molecular complexity index is 602. The van der Waals surface area contributed by atoms with Crippen LogP contribution in [0, 0.1) is 0 Å². The number of hydrogen-bond donors (Lipinski definition) is 1. The molecule has 1 N–H and O–H groups in total. The van der Waals surface area contributed by atoms with Crippen molar-refractivity contribution in [2.24, 2.45) is 0 Å². The summed E-state index contributed by atoms with van der Waals surface area (Å²) >= 11 is 0. The van der Waals surface area contributed by atoms with E-state index in [9.17, 15) is 4.79 Å². The predicted molar refractivity (Wildman–Crippen MR) is 82.9 cm³/mol. The minimum absolute atomic E-state index is 0.255. The molecule has 1 atom stereocenters. The molecule has 1 unspecified atom stereocenters. The first-order valence-corrected chi connectivity index (χ1v) is 7.15. The van der Waals surface area contributed by atoms with Crippen LogP contribution in [0.2, 0.25) is 0 Å². The van der Waals surface area contributed by atoms with Gasteiger partial charge in [0.2, 0.25) is 0 Å². The Balaban J connectivity index is 2.05.